The lowest BCUT2D eigenvalue weighted by Gasteiger charge is -2.12. The maximum atomic E-state index is 13.8. The minimum atomic E-state index is -0.727. The van der Waals surface area contributed by atoms with Crippen molar-refractivity contribution in [1.82, 2.24) is 14.8 Å². The van der Waals surface area contributed by atoms with E-state index in [9.17, 15) is 8.78 Å². The number of aromatic nitrogens is 3. The third-order valence-corrected chi connectivity index (χ3v) is 3.34. The van der Waals surface area contributed by atoms with Crippen LogP contribution in [0.5, 0.6) is 5.75 Å². The van der Waals surface area contributed by atoms with Crippen LogP contribution in [0, 0.1) is 11.6 Å². The second-order valence-corrected chi connectivity index (χ2v) is 5.09. The molecule has 1 heterocycles. The third-order valence-electron chi connectivity index (χ3n) is 2.69. The molecule has 20 heavy (non-hydrogen) atoms. The Hall–Kier alpha value is -1.50. The molecule has 0 aliphatic heterocycles. The molecule has 0 aliphatic carbocycles. The van der Waals surface area contributed by atoms with E-state index in [1.807, 2.05) is 13.8 Å². The molecular formula is C13H14BrF2N3O. The Kier molecular flexibility index (Phi) is 4.69. The molecule has 7 heteroatoms. The van der Waals surface area contributed by atoms with E-state index in [0.29, 0.717) is 16.7 Å². The SMILES string of the molecule is CC(C)n1ncnc1COc1c(F)cc(CBr)cc1F. The summed E-state index contributed by atoms with van der Waals surface area (Å²) in [6, 6.07) is 2.57. The Labute approximate surface area is 123 Å². The summed E-state index contributed by atoms with van der Waals surface area (Å²) < 4.78 is 34.4. The molecule has 4 nitrogen and oxygen atoms in total. The van der Waals surface area contributed by atoms with Crippen LogP contribution in [-0.2, 0) is 11.9 Å². The summed E-state index contributed by atoms with van der Waals surface area (Å²) in [5, 5.41) is 4.41. The van der Waals surface area contributed by atoms with Crippen molar-refractivity contribution >= 4 is 15.9 Å². The zero-order chi connectivity index (χ0) is 14.7. The number of ether oxygens (including phenoxy) is 1. The third kappa shape index (κ3) is 3.15. The van der Waals surface area contributed by atoms with Gasteiger partial charge in [0.1, 0.15) is 12.9 Å². The largest absolute Gasteiger partial charge is 0.479 e. The standard InChI is InChI=1S/C13H14BrF2N3O/c1-8(2)19-12(17-7-18-19)6-20-13-10(15)3-9(5-14)4-11(13)16/h3-4,7-8H,5-6H2,1-2H3. The molecule has 0 atom stereocenters. The van der Waals surface area contributed by atoms with Gasteiger partial charge in [-0.05, 0) is 31.5 Å². The first-order valence-electron chi connectivity index (χ1n) is 6.08. The van der Waals surface area contributed by atoms with E-state index < -0.39 is 17.4 Å². The predicted molar refractivity (Wildman–Crippen MR) is 73.7 cm³/mol. The topological polar surface area (TPSA) is 39.9 Å². The van der Waals surface area contributed by atoms with E-state index in [1.54, 1.807) is 4.68 Å². The van der Waals surface area contributed by atoms with Crippen molar-refractivity contribution in [2.75, 3.05) is 0 Å². The molecule has 108 valence electrons. The number of rotatable bonds is 5. The molecule has 1 aromatic carbocycles. The average molecular weight is 346 g/mol. The maximum Gasteiger partial charge on any atom is 0.191 e. The second-order valence-electron chi connectivity index (χ2n) is 4.53. The lowest BCUT2D eigenvalue weighted by atomic mass is 10.2. The van der Waals surface area contributed by atoms with Crippen LogP contribution < -0.4 is 4.74 Å². The smallest absolute Gasteiger partial charge is 0.191 e. The van der Waals surface area contributed by atoms with Crippen LogP contribution in [0.4, 0.5) is 8.78 Å². The average Bonchev–Trinajstić information content (AvgIpc) is 2.86. The van der Waals surface area contributed by atoms with E-state index in [4.69, 9.17) is 4.74 Å². The van der Waals surface area contributed by atoms with Gasteiger partial charge in [0.25, 0.3) is 0 Å². The highest BCUT2D eigenvalue weighted by molar-refractivity contribution is 9.08. The van der Waals surface area contributed by atoms with Crippen LogP contribution in [0.3, 0.4) is 0 Å². The molecular weight excluding hydrogens is 332 g/mol. The maximum absolute atomic E-state index is 13.8. The highest BCUT2D eigenvalue weighted by Gasteiger charge is 2.15. The van der Waals surface area contributed by atoms with Gasteiger partial charge in [0.15, 0.2) is 23.2 Å². The molecule has 0 radical (unpaired) electrons. The van der Waals surface area contributed by atoms with Crippen molar-refractivity contribution in [3.05, 3.63) is 41.5 Å². The van der Waals surface area contributed by atoms with Crippen molar-refractivity contribution in [2.24, 2.45) is 0 Å². The molecule has 0 unspecified atom stereocenters. The summed E-state index contributed by atoms with van der Waals surface area (Å²) in [6.45, 7) is 3.83. The predicted octanol–water partition coefficient (Wildman–Crippen LogP) is 3.61. The molecule has 0 bridgehead atoms. The van der Waals surface area contributed by atoms with Crippen LogP contribution in [0.15, 0.2) is 18.5 Å². The quantitative estimate of drug-likeness (QED) is 0.777. The molecule has 2 rings (SSSR count). The zero-order valence-electron chi connectivity index (χ0n) is 11.1. The summed E-state index contributed by atoms with van der Waals surface area (Å²) >= 11 is 3.15. The molecule has 0 spiro atoms. The van der Waals surface area contributed by atoms with E-state index in [1.165, 1.54) is 18.5 Å². The van der Waals surface area contributed by atoms with Crippen molar-refractivity contribution in [2.45, 2.75) is 31.8 Å². The van der Waals surface area contributed by atoms with Gasteiger partial charge in [-0.15, -0.1) is 0 Å². The van der Waals surface area contributed by atoms with E-state index in [0.717, 1.165) is 0 Å². The summed E-state index contributed by atoms with van der Waals surface area (Å²) in [5.41, 5.74) is 0.512. The Morgan fingerprint density at radius 3 is 2.50 bits per heavy atom. The lowest BCUT2D eigenvalue weighted by molar-refractivity contribution is 0.256. The van der Waals surface area contributed by atoms with Crippen LogP contribution in [0.2, 0.25) is 0 Å². The molecule has 1 aromatic heterocycles. The number of hydrogen-bond acceptors (Lipinski definition) is 3. The Bertz CT molecular complexity index is 578. The first kappa shape index (κ1) is 14.9. The second kappa shape index (κ2) is 6.30. The van der Waals surface area contributed by atoms with E-state index >= 15 is 0 Å². The Morgan fingerprint density at radius 1 is 1.30 bits per heavy atom. The van der Waals surface area contributed by atoms with Crippen LogP contribution >= 0.6 is 15.9 Å². The van der Waals surface area contributed by atoms with Gasteiger partial charge in [0.05, 0.1) is 0 Å². The van der Waals surface area contributed by atoms with Gasteiger partial charge >= 0.3 is 0 Å². The van der Waals surface area contributed by atoms with Gasteiger partial charge in [-0.1, -0.05) is 15.9 Å². The minimum absolute atomic E-state index is 0.0420. The number of benzene rings is 1. The fourth-order valence-electron chi connectivity index (χ4n) is 1.77. The first-order valence-corrected chi connectivity index (χ1v) is 7.20. The summed E-state index contributed by atoms with van der Waals surface area (Å²) in [5.74, 6) is -1.33. The van der Waals surface area contributed by atoms with E-state index in [-0.39, 0.29) is 12.6 Å². The molecule has 0 N–H and O–H groups in total. The number of hydrogen-bond donors (Lipinski definition) is 0. The van der Waals surface area contributed by atoms with Crippen molar-refractivity contribution in [3.63, 3.8) is 0 Å². The fraction of sp³-hybridized carbons (Fsp3) is 0.385. The first-order chi connectivity index (χ1) is 9.52. The molecule has 0 amide bonds. The lowest BCUT2D eigenvalue weighted by Crippen LogP contribution is -2.11. The summed E-state index contributed by atoms with van der Waals surface area (Å²) in [4.78, 5) is 4.02. The number of halogens is 3. The zero-order valence-corrected chi connectivity index (χ0v) is 12.7. The molecule has 0 aliphatic rings. The highest BCUT2D eigenvalue weighted by atomic mass is 79.9. The monoisotopic (exact) mass is 345 g/mol. The molecule has 0 saturated carbocycles. The Balaban J connectivity index is 2.17. The fourth-order valence-corrected chi connectivity index (χ4v) is 2.10. The minimum Gasteiger partial charge on any atom is -0.479 e. The van der Waals surface area contributed by atoms with Crippen LogP contribution in [0.1, 0.15) is 31.3 Å². The van der Waals surface area contributed by atoms with Crippen molar-refractivity contribution < 1.29 is 13.5 Å². The van der Waals surface area contributed by atoms with Crippen molar-refractivity contribution in [3.8, 4) is 5.75 Å². The molecule has 0 saturated heterocycles. The van der Waals surface area contributed by atoms with Gasteiger partial charge in [0, 0.05) is 11.4 Å². The van der Waals surface area contributed by atoms with E-state index in [2.05, 4.69) is 26.0 Å². The van der Waals surface area contributed by atoms with Gasteiger partial charge in [-0.25, -0.2) is 18.4 Å². The molecule has 2 aromatic rings. The van der Waals surface area contributed by atoms with Gasteiger partial charge in [-0.3, -0.25) is 0 Å². The summed E-state index contributed by atoms with van der Waals surface area (Å²) in [6.07, 6.45) is 1.39. The van der Waals surface area contributed by atoms with Crippen LogP contribution in [0.25, 0.3) is 0 Å². The number of nitrogens with zero attached hydrogens (tertiary/aromatic N) is 3. The normalized spacial score (nSPS) is 11.1. The molecule has 0 fully saturated rings. The Morgan fingerprint density at radius 2 is 1.95 bits per heavy atom. The van der Waals surface area contributed by atoms with Crippen LogP contribution in [-0.4, -0.2) is 14.8 Å². The van der Waals surface area contributed by atoms with Gasteiger partial charge in [0.2, 0.25) is 0 Å². The highest BCUT2D eigenvalue weighted by Crippen LogP contribution is 2.25. The van der Waals surface area contributed by atoms with Gasteiger partial charge in [-0.2, -0.15) is 5.10 Å². The van der Waals surface area contributed by atoms with Crippen molar-refractivity contribution in [1.29, 1.82) is 0 Å². The van der Waals surface area contributed by atoms with Gasteiger partial charge < -0.3 is 4.74 Å². The summed E-state index contributed by atoms with van der Waals surface area (Å²) in [7, 11) is 0. The number of alkyl halides is 1.